The van der Waals surface area contributed by atoms with E-state index in [9.17, 15) is 9.50 Å². The van der Waals surface area contributed by atoms with Crippen molar-refractivity contribution < 1.29 is 9.50 Å². The van der Waals surface area contributed by atoms with E-state index in [2.05, 4.69) is 0 Å². The molecule has 0 saturated heterocycles. The zero-order valence-electron chi connectivity index (χ0n) is 8.99. The number of benzene rings is 1. The summed E-state index contributed by atoms with van der Waals surface area (Å²) < 4.78 is 13.1. The Kier molecular flexibility index (Phi) is 6.91. The Bertz CT molecular complexity index is 336. The van der Waals surface area contributed by atoms with Gasteiger partial charge in [0.05, 0.1) is 11.1 Å². The number of aliphatic hydroxyl groups is 1. The maximum Gasteiger partial charge on any atom is 0.142 e. The van der Waals surface area contributed by atoms with Crippen LogP contribution >= 0.6 is 24.0 Å². The molecule has 0 aliphatic rings. The molecule has 0 radical (unpaired) electrons. The van der Waals surface area contributed by atoms with Crippen molar-refractivity contribution in [2.24, 2.45) is 5.73 Å². The van der Waals surface area contributed by atoms with E-state index in [1.54, 1.807) is 6.07 Å². The Morgan fingerprint density at radius 1 is 1.50 bits per heavy atom. The number of nitrogens with two attached hydrogens (primary N) is 1. The monoisotopic (exact) mass is 267 g/mol. The summed E-state index contributed by atoms with van der Waals surface area (Å²) in [6.07, 6.45) is 0.632. The second-order valence-corrected chi connectivity index (χ2v) is 3.92. The Hall–Kier alpha value is -0.350. The van der Waals surface area contributed by atoms with Crippen molar-refractivity contribution in [3.63, 3.8) is 0 Å². The molecule has 92 valence electrons. The topological polar surface area (TPSA) is 46.2 Å². The quantitative estimate of drug-likeness (QED) is 0.881. The summed E-state index contributed by atoms with van der Waals surface area (Å²) >= 11 is 5.74. The highest BCUT2D eigenvalue weighted by molar-refractivity contribution is 6.31. The molecule has 0 saturated carbocycles. The van der Waals surface area contributed by atoms with Crippen molar-refractivity contribution in [2.75, 3.05) is 0 Å². The third kappa shape index (κ3) is 3.59. The van der Waals surface area contributed by atoms with E-state index in [4.69, 9.17) is 17.3 Å². The minimum atomic E-state index is -0.909. The summed E-state index contributed by atoms with van der Waals surface area (Å²) in [7, 11) is 0. The first-order valence-corrected chi connectivity index (χ1v) is 5.33. The van der Waals surface area contributed by atoms with Crippen LogP contribution in [-0.2, 0) is 0 Å². The van der Waals surface area contributed by atoms with Crippen LogP contribution in [0, 0.1) is 5.82 Å². The molecule has 0 aliphatic carbocycles. The van der Waals surface area contributed by atoms with Gasteiger partial charge in [0, 0.05) is 11.6 Å². The average molecular weight is 268 g/mol. The van der Waals surface area contributed by atoms with Crippen LogP contribution in [0.15, 0.2) is 18.2 Å². The first-order chi connectivity index (χ1) is 7.07. The van der Waals surface area contributed by atoms with Crippen LogP contribution in [0.4, 0.5) is 4.39 Å². The number of halogens is 3. The molecule has 2 nitrogen and oxygen atoms in total. The van der Waals surface area contributed by atoms with E-state index >= 15 is 0 Å². The fraction of sp³-hybridized carbons (Fsp3) is 0.455. The van der Waals surface area contributed by atoms with Gasteiger partial charge in [0.15, 0.2) is 0 Å². The summed E-state index contributed by atoms with van der Waals surface area (Å²) in [5.41, 5.74) is 6.11. The maximum absolute atomic E-state index is 13.1. The summed E-state index contributed by atoms with van der Waals surface area (Å²) in [6.45, 7) is 1.97. The Morgan fingerprint density at radius 2 is 2.12 bits per heavy atom. The molecule has 0 amide bonds. The van der Waals surface area contributed by atoms with Gasteiger partial charge in [-0.1, -0.05) is 37.1 Å². The van der Waals surface area contributed by atoms with Crippen LogP contribution in [0.3, 0.4) is 0 Å². The molecule has 2 atom stereocenters. The van der Waals surface area contributed by atoms with Crippen LogP contribution in [0.5, 0.6) is 0 Å². The van der Waals surface area contributed by atoms with Gasteiger partial charge in [0.2, 0.25) is 0 Å². The van der Waals surface area contributed by atoms with Crippen molar-refractivity contribution in [3.05, 3.63) is 34.6 Å². The maximum atomic E-state index is 13.1. The second-order valence-electron chi connectivity index (χ2n) is 3.54. The highest BCUT2D eigenvalue weighted by Crippen LogP contribution is 2.27. The fourth-order valence-corrected chi connectivity index (χ4v) is 1.71. The number of aliphatic hydroxyl groups excluding tert-OH is 1. The minimum absolute atomic E-state index is 0. The smallest absolute Gasteiger partial charge is 0.142 e. The van der Waals surface area contributed by atoms with Gasteiger partial charge in [-0.15, -0.1) is 12.4 Å². The van der Waals surface area contributed by atoms with Crippen LogP contribution in [0.25, 0.3) is 0 Å². The van der Waals surface area contributed by atoms with Gasteiger partial charge in [-0.25, -0.2) is 4.39 Å². The van der Waals surface area contributed by atoms with Crippen LogP contribution in [0.2, 0.25) is 5.02 Å². The molecular formula is C11H16Cl2FNO. The minimum Gasteiger partial charge on any atom is -0.387 e. The second kappa shape index (κ2) is 7.07. The molecule has 0 aromatic heterocycles. The summed E-state index contributed by atoms with van der Waals surface area (Å²) in [5.74, 6) is -0.531. The summed E-state index contributed by atoms with van der Waals surface area (Å²) in [5, 5.41) is 9.80. The Morgan fingerprint density at radius 3 is 2.69 bits per heavy atom. The van der Waals surface area contributed by atoms with Crippen molar-refractivity contribution in [1.82, 2.24) is 0 Å². The SMILES string of the molecule is CCCC(N)C(O)c1cccc(F)c1Cl.Cl. The first kappa shape index (κ1) is 15.7. The molecule has 0 spiro atoms. The molecule has 16 heavy (non-hydrogen) atoms. The molecule has 0 aliphatic heterocycles. The Balaban J connectivity index is 0.00000225. The van der Waals surface area contributed by atoms with Crippen molar-refractivity contribution in [3.8, 4) is 0 Å². The molecule has 0 bridgehead atoms. The number of rotatable bonds is 4. The van der Waals surface area contributed by atoms with Gasteiger partial charge >= 0.3 is 0 Å². The lowest BCUT2D eigenvalue weighted by atomic mass is 9.99. The fourth-order valence-electron chi connectivity index (χ4n) is 1.47. The molecule has 0 fully saturated rings. The standard InChI is InChI=1S/C11H15ClFNO.ClH/c1-2-4-9(14)11(15)7-5-3-6-8(13)10(7)12;/h3,5-6,9,11,15H,2,4,14H2,1H3;1H. The number of hydrogen-bond donors (Lipinski definition) is 2. The summed E-state index contributed by atoms with van der Waals surface area (Å²) in [4.78, 5) is 0. The molecule has 1 aromatic carbocycles. The van der Waals surface area contributed by atoms with Crippen molar-refractivity contribution in [2.45, 2.75) is 31.9 Å². The van der Waals surface area contributed by atoms with E-state index in [1.165, 1.54) is 12.1 Å². The molecule has 2 unspecified atom stereocenters. The zero-order valence-corrected chi connectivity index (χ0v) is 10.6. The average Bonchev–Trinajstić information content (AvgIpc) is 2.21. The molecule has 5 heteroatoms. The predicted molar refractivity (Wildman–Crippen MR) is 66.5 cm³/mol. The molecule has 3 N–H and O–H groups in total. The number of hydrogen-bond acceptors (Lipinski definition) is 2. The summed E-state index contributed by atoms with van der Waals surface area (Å²) in [6, 6.07) is 3.95. The molecular weight excluding hydrogens is 252 g/mol. The molecule has 1 rings (SSSR count). The highest BCUT2D eigenvalue weighted by Gasteiger charge is 2.20. The lowest BCUT2D eigenvalue weighted by molar-refractivity contribution is 0.141. The van der Waals surface area contributed by atoms with Gasteiger partial charge in [0.1, 0.15) is 5.82 Å². The van der Waals surface area contributed by atoms with E-state index in [-0.39, 0.29) is 17.4 Å². The van der Waals surface area contributed by atoms with E-state index < -0.39 is 18.0 Å². The van der Waals surface area contributed by atoms with Crippen molar-refractivity contribution >= 4 is 24.0 Å². The molecule has 1 aromatic rings. The van der Waals surface area contributed by atoms with Crippen LogP contribution in [0.1, 0.15) is 31.4 Å². The highest BCUT2D eigenvalue weighted by atomic mass is 35.5. The van der Waals surface area contributed by atoms with Crippen LogP contribution in [-0.4, -0.2) is 11.1 Å². The zero-order chi connectivity index (χ0) is 11.4. The van der Waals surface area contributed by atoms with Gasteiger partial charge < -0.3 is 10.8 Å². The third-order valence-electron chi connectivity index (χ3n) is 2.33. The lowest BCUT2D eigenvalue weighted by Gasteiger charge is -2.19. The van der Waals surface area contributed by atoms with E-state index in [0.717, 1.165) is 6.42 Å². The van der Waals surface area contributed by atoms with Crippen molar-refractivity contribution in [1.29, 1.82) is 0 Å². The predicted octanol–water partition coefficient (Wildman–Crippen LogP) is 3.06. The van der Waals surface area contributed by atoms with Gasteiger partial charge in [0.25, 0.3) is 0 Å². The van der Waals surface area contributed by atoms with E-state index in [1.807, 2.05) is 6.92 Å². The van der Waals surface area contributed by atoms with Gasteiger partial charge in [-0.05, 0) is 12.5 Å². The third-order valence-corrected chi connectivity index (χ3v) is 2.73. The largest absolute Gasteiger partial charge is 0.387 e. The normalized spacial score (nSPS) is 14.1. The van der Waals surface area contributed by atoms with Gasteiger partial charge in [-0.2, -0.15) is 0 Å². The Labute approximate surface area is 106 Å². The lowest BCUT2D eigenvalue weighted by Crippen LogP contribution is -2.28. The molecule has 0 heterocycles. The van der Waals surface area contributed by atoms with Crippen LogP contribution < -0.4 is 5.73 Å². The first-order valence-electron chi connectivity index (χ1n) is 4.95. The van der Waals surface area contributed by atoms with Gasteiger partial charge in [-0.3, -0.25) is 0 Å². The van der Waals surface area contributed by atoms with E-state index in [0.29, 0.717) is 12.0 Å².